The smallest absolute Gasteiger partial charge is 0.263 e. The van der Waals surface area contributed by atoms with Crippen LogP contribution < -0.4 is 10.1 Å². The van der Waals surface area contributed by atoms with E-state index < -0.39 is 0 Å². The lowest BCUT2D eigenvalue weighted by molar-refractivity contribution is -0.115. The Hall–Kier alpha value is -2.90. The third kappa shape index (κ3) is 4.57. The number of rotatable bonds is 6. The normalized spacial score (nSPS) is 15.0. The van der Waals surface area contributed by atoms with E-state index in [0.717, 1.165) is 33.8 Å². The van der Waals surface area contributed by atoms with Gasteiger partial charge in [0.1, 0.15) is 15.8 Å². The second-order valence-electron chi connectivity index (χ2n) is 7.41. The van der Waals surface area contributed by atoms with Gasteiger partial charge in [-0.2, -0.15) is 5.10 Å². The maximum absolute atomic E-state index is 12.2. The van der Waals surface area contributed by atoms with Crippen LogP contribution in [0.1, 0.15) is 37.8 Å². The van der Waals surface area contributed by atoms with E-state index in [-0.39, 0.29) is 5.91 Å². The summed E-state index contributed by atoms with van der Waals surface area (Å²) in [5.74, 6) is 1.01. The fourth-order valence-corrected chi connectivity index (χ4v) is 4.46. The fourth-order valence-electron chi connectivity index (χ4n) is 3.43. The first-order valence-electron chi connectivity index (χ1n) is 10.1. The molecular weight excluding hydrogens is 426 g/mol. The molecule has 0 saturated carbocycles. The van der Waals surface area contributed by atoms with E-state index in [4.69, 9.17) is 22.1 Å². The minimum absolute atomic E-state index is 0.178. The van der Waals surface area contributed by atoms with Crippen molar-refractivity contribution in [3.05, 3.63) is 70.8 Å². The van der Waals surface area contributed by atoms with Crippen molar-refractivity contribution in [2.45, 2.75) is 26.7 Å². The largest absolute Gasteiger partial charge is 0.494 e. The Morgan fingerprint density at radius 3 is 2.65 bits per heavy atom. The monoisotopic (exact) mass is 449 g/mol. The van der Waals surface area contributed by atoms with Crippen molar-refractivity contribution in [2.75, 3.05) is 6.61 Å². The predicted molar refractivity (Wildman–Crippen MR) is 131 cm³/mol. The maximum Gasteiger partial charge on any atom is 0.263 e. The van der Waals surface area contributed by atoms with Crippen LogP contribution in [-0.2, 0) is 4.79 Å². The zero-order valence-electron chi connectivity index (χ0n) is 17.6. The molecule has 2 aromatic carbocycles. The molecule has 1 amide bonds. The molecule has 0 radical (unpaired) electrons. The molecule has 3 aromatic rings. The summed E-state index contributed by atoms with van der Waals surface area (Å²) in [6, 6.07) is 16.1. The zero-order valence-corrected chi connectivity index (χ0v) is 19.2. The Morgan fingerprint density at radius 2 is 2.00 bits per heavy atom. The molecule has 1 aliphatic heterocycles. The topological polar surface area (TPSA) is 56.1 Å². The van der Waals surface area contributed by atoms with Gasteiger partial charge < -0.3 is 10.1 Å². The fraction of sp³-hybridized carbons (Fsp3) is 0.208. The van der Waals surface area contributed by atoms with Gasteiger partial charge in [0.15, 0.2) is 0 Å². The lowest BCUT2D eigenvalue weighted by Crippen LogP contribution is -2.17. The van der Waals surface area contributed by atoms with Crippen LogP contribution in [0.15, 0.2) is 59.6 Å². The average Bonchev–Trinajstić information content (AvgIpc) is 3.32. The van der Waals surface area contributed by atoms with Crippen LogP contribution in [0.2, 0.25) is 0 Å². The molecule has 1 aliphatic rings. The summed E-state index contributed by atoms with van der Waals surface area (Å²) in [6.07, 6.45) is 3.80. The van der Waals surface area contributed by atoms with E-state index in [0.29, 0.717) is 21.8 Å². The molecule has 0 spiro atoms. The third-order valence-electron chi connectivity index (χ3n) is 4.90. The number of carbonyl (C=O) groups excluding carboxylic acids is 1. The minimum Gasteiger partial charge on any atom is -0.494 e. The molecule has 1 fully saturated rings. The number of para-hydroxylation sites is 1. The first-order chi connectivity index (χ1) is 15.0. The molecule has 0 bridgehead atoms. The van der Waals surface area contributed by atoms with E-state index in [1.807, 2.05) is 66.3 Å². The van der Waals surface area contributed by atoms with E-state index in [1.165, 1.54) is 11.8 Å². The van der Waals surface area contributed by atoms with Gasteiger partial charge in [-0.15, -0.1) is 0 Å². The van der Waals surface area contributed by atoms with E-state index in [9.17, 15) is 4.79 Å². The number of thioether (sulfide) groups is 1. The van der Waals surface area contributed by atoms with Crippen LogP contribution in [0.5, 0.6) is 5.75 Å². The van der Waals surface area contributed by atoms with Crippen LogP contribution in [0, 0.1) is 0 Å². The molecule has 0 unspecified atom stereocenters. The highest BCUT2D eigenvalue weighted by molar-refractivity contribution is 8.26. The number of carbonyl (C=O) groups is 1. The van der Waals surface area contributed by atoms with Crippen LogP contribution >= 0.6 is 24.0 Å². The SMILES string of the molecule is CCOc1ccc(-c2nn(-c3ccccc3)cc2/C=C2\SC(=S)NC2=O)cc1C(C)C. The summed E-state index contributed by atoms with van der Waals surface area (Å²) < 4.78 is 8.12. The van der Waals surface area contributed by atoms with E-state index in [1.54, 1.807) is 0 Å². The molecule has 2 heterocycles. The van der Waals surface area contributed by atoms with E-state index in [2.05, 4.69) is 25.2 Å². The van der Waals surface area contributed by atoms with Crippen molar-refractivity contribution in [3.63, 3.8) is 0 Å². The number of nitrogens with zero attached hydrogens (tertiary/aromatic N) is 2. The number of aromatic nitrogens is 2. The van der Waals surface area contributed by atoms with Crippen LogP contribution in [0.25, 0.3) is 23.0 Å². The second-order valence-corrected chi connectivity index (χ2v) is 9.12. The molecule has 7 heteroatoms. The molecule has 5 nitrogen and oxygen atoms in total. The Bertz CT molecular complexity index is 1170. The van der Waals surface area contributed by atoms with Crippen molar-refractivity contribution < 1.29 is 9.53 Å². The summed E-state index contributed by atoms with van der Waals surface area (Å²) in [6.45, 7) is 6.89. The van der Waals surface area contributed by atoms with Gasteiger partial charge in [0.25, 0.3) is 5.91 Å². The Labute approximate surface area is 191 Å². The summed E-state index contributed by atoms with van der Waals surface area (Å²) in [5.41, 5.74) is 4.70. The zero-order chi connectivity index (χ0) is 22.0. The first kappa shape index (κ1) is 21.3. The molecule has 1 N–H and O–H groups in total. The highest BCUT2D eigenvalue weighted by atomic mass is 32.2. The van der Waals surface area contributed by atoms with Gasteiger partial charge in [-0.25, -0.2) is 4.68 Å². The quantitative estimate of drug-likeness (QED) is 0.395. The molecule has 158 valence electrons. The predicted octanol–water partition coefficient (Wildman–Crippen LogP) is 5.55. The molecule has 0 aliphatic carbocycles. The maximum atomic E-state index is 12.2. The van der Waals surface area contributed by atoms with Gasteiger partial charge in [0, 0.05) is 17.3 Å². The summed E-state index contributed by atoms with van der Waals surface area (Å²) in [7, 11) is 0. The van der Waals surface area contributed by atoms with Crippen molar-refractivity contribution in [2.24, 2.45) is 0 Å². The summed E-state index contributed by atoms with van der Waals surface area (Å²) in [4.78, 5) is 12.8. The summed E-state index contributed by atoms with van der Waals surface area (Å²) in [5, 5.41) is 7.54. The number of hydrogen-bond donors (Lipinski definition) is 1. The highest BCUT2D eigenvalue weighted by Gasteiger charge is 2.24. The Morgan fingerprint density at radius 1 is 1.23 bits per heavy atom. The molecule has 1 aromatic heterocycles. The van der Waals surface area contributed by atoms with Gasteiger partial charge in [-0.3, -0.25) is 4.79 Å². The van der Waals surface area contributed by atoms with Gasteiger partial charge >= 0.3 is 0 Å². The van der Waals surface area contributed by atoms with Gasteiger partial charge in [0.2, 0.25) is 0 Å². The lowest BCUT2D eigenvalue weighted by Gasteiger charge is -2.14. The molecule has 31 heavy (non-hydrogen) atoms. The van der Waals surface area contributed by atoms with E-state index >= 15 is 0 Å². The molecular formula is C24H23N3O2S2. The van der Waals surface area contributed by atoms with Crippen molar-refractivity contribution in [1.29, 1.82) is 0 Å². The Balaban J connectivity index is 1.85. The number of benzene rings is 2. The number of nitrogens with one attached hydrogen (secondary N) is 1. The molecule has 1 saturated heterocycles. The first-order valence-corrected chi connectivity index (χ1v) is 11.4. The molecule has 4 rings (SSSR count). The van der Waals surface area contributed by atoms with Crippen molar-refractivity contribution >= 4 is 40.3 Å². The van der Waals surface area contributed by atoms with Gasteiger partial charge in [-0.05, 0) is 54.8 Å². The summed E-state index contributed by atoms with van der Waals surface area (Å²) >= 11 is 6.41. The standard InChI is InChI=1S/C24H23N3O2S2/c1-4-29-20-11-10-16(12-19(20)15(2)3)22-17(13-21-23(28)25-24(30)31-21)14-27(26-22)18-8-6-5-7-9-18/h5-15H,4H2,1-3H3,(H,25,28,30)/b21-13-. The van der Waals surface area contributed by atoms with Crippen molar-refractivity contribution in [3.8, 4) is 22.7 Å². The average molecular weight is 450 g/mol. The third-order valence-corrected chi connectivity index (χ3v) is 6.06. The number of hydrogen-bond acceptors (Lipinski definition) is 5. The van der Waals surface area contributed by atoms with Crippen LogP contribution in [0.3, 0.4) is 0 Å². The minimum atomic E-state index is -0.178. The number of thiocarbonyl (C=S) groups is 1. The van der Waals surface area contributed by atoms with Crippen LogP contribution in [0.4, 0.5) is 0 Å². The Kier molecular flexibility index (Phi) is 6.25. The number of amides is 1. The van der Waals surface area contributed by atoms with Gasteiger partial charge in [0.05, 0.1) is 17.2 Å². The lowest BCUT2D eigenvalue weighted by atomic mass is 9.97. The second kappa shape index (κ2) is 9.08. The van der Waals surface area contributed by atoms with Crippen molar-refractivity contribution in [1.82, 2.24) is 15.1 Å². The molecule has 0 atom stereocenters. The van der Waals surface area contributed by atoms with Gasteiger partial charge in [-0.1, -0.05) is 56.0 Å². The van der Waals surface area contributed by atoms with Crippen LogP contribution in [-0.4, -0.2) is 26.6 Å². The number of ether oxygens (including phenoxy) is 1. The highest BCUT2D eigenvalue weighted by Crippen LogP contribution is 2.35.